The van der Waals surface area contributed by atoms with E-state index in [9.17, 15) is 14.4 Å². The summed E-state index contributed by atoms with van der Waals surface area (Å²) >= 11 is 0. The molecule has 7 nitrogen and oxygen atoms in total. The van der Waals surface area contributed by atoms with E-state index in [-0.39, 0.29) is 6.10 Å². The Bertz CT molecular complexity index is 485. The third kappa shape index (κ3) is 2.46. The fourth-order valence-electron chi connectivity index (χ4n) is 0.974. The zero-order chi connectivity index (χ0) is 11.6. The molecule has 0 aliphatic heterocycles. The number of H-pyrrole nitrogens is 2. The Balaban J connectivity index is 3.40. The fraction of sp³-hybridized carbons (Fsp3) is 0.375. The van der Waals surface area contributed by atoms with Gasteiger partial charge in [0.15, 0.2) is 5.69 Å². The molecular weight excluding hydrogens is 204 g/mol. The van der Waals surface area contributed by atoms with E-state index < -0.39 is 28.7 Å². The summed E-state index contributed by atoms with van der Waals surface area (Å²) in [7, 11) is 0. The van der Waals surface area contributed by atoms with Crippen LogP contribution in [-0.2, 0) is 0 Å². The standard InChI is InChI=1S/C8H10N2O5/c1-3(2)15-5-4(7(12)13)9-8(14)10-6(5)11/h3H,1-2H3,(H,12,13)(H2,9,10,11,14). The van der Waals surface area contributed by atoms with Crippen molar-refractivity contribution in [3.63, 3.8) is 0 Å². The van der Waals surface area contributed by atoms with Crippen LogP contribution in [0.2, 0.25) is 0 Å². The van der Waals surface area contributed by atoms with Crippen LogP contribution in [0, 0.1) is 0 Å². The van der Waals surface area contributed by atoms with Gasteiger partial charge in [0.1, 0.15) is 0 Å². The molecule has 0 saturated carbocycles. The number of carboxylic acids is 1. The molecule has 1 aromatic rings. The van der Waals surface area contributed by atoms with Gasteiger partial charge < -0.3 is 9.84 Å². The van der Waals surface area contributed by atoms with Gasteiger partial charge in [-0.3, -0.25) is 14.8 Å². The summed E-state index contributed by atoms with van der Waals surface area (Å²) in [5.41, 5.74) is -2.28. The van der Waals surface area contributed by atoms with Gasteiger partial charge in [0.05, 0.1) is 6.10 Å². The van der Waals surface area contributed by atoms with Crippen LogP contribution in [-0.4, -0.2) is 27.1 Å². The molecule has 15 heavy (non-hydrogen) atoms. The van der Waals surface area contributed by atoms with Gasteiger partial charge in [-0.25, -0.2) is 9.59 Å². The van der Waals surface area contributed by atoms with Gasteiger partial charge in [0.2, 0.25) is 5.75 Å². The first-order valence-electron chi connectivity index (χ1n) is 4.18. The highest BCUT2D eigenvalue weighted by molar-refractivity contribution is 5.88. The monoisotopic (exact) mass is 214 g/mol. The lowest BCUT2D eigenvalue weighted by atomic mass is 10.3. The first kappa shape index (κ1) is 11.0. The minimum absolute atomic E-state index is 0.366. The fourth-order valence-corrected chi connectivity index (χ4v) is 0.974. The molecule has 0 atom stereocenters. The topological polar surface area (TPSA) is 112 Å². The Labute approximate surface area is 83.7 Å². The molecule has 1 heterocycles. The highest BCUT2D eigenvalue weighted by atomic mass is 16.5. The molecule has 0 radical (unpaired) electrons. The minimum Gasteiger partial charge on any atom is -0.483 e. The second-order valence-electron chi connectivity index (χ2n) is 3.08. The van der Waals surface area contributed by atoms with Crippen molar-refractivity contribution in [3.8, 4) is 5.75 Å². The summed E-state index contributed by atoms with van der Waals surface area (Å²) in [6.07, 6.45) is -0.366. The number of carboxylic acid groups (broad SMARTS) is 1. The van der Waals surface area contributed by atoms with Crippen LogP contribution in [0.5, 0.6) is 5.75 Å². The van der Waals surface area contributed by atoms with Crippen molar-refractivity contribution in [2.75, 3.05) is 0 Å². The molecule has 0 saturated heterocycles. The third-order valence-corrected chi connectivity index (χ3v) is 1.47. The average Bonchev–Trinajstić information content (AvgIpc) is 2.08. The third-order valence-electron chi connectivity index (χ3n) is 1.47. The molecule has 0 fully saturated rings. The molecular formula is C8H10N2O5. The summed E-state index contributed by atoms with van der Waals surface area (Å²) in [4.78, 5) is 36.6. The van der Waals surface area contributed by atoms with E-state index in [1.165, 1.54) is 0 Å². The highest BCUT2D eigenvalue weighted by Gasteiger charge is 2.17. The van der Waals surface area contributed by atoms with Crippen LogP contribution in [0.4, 0.5) is 0 Å². The van der Waals surface area contributed by atoms with Crippen molar-refractivity contribution in [2.24, 2.45) is 0 Å². The smallest absolute Gasteiger partial charge is 0.356 e. The van der Waals surface area contributed by atoms with E-state index in [0.29, 0.717) is 0 Å². The van der Waals surface area contributed by atoms with E-state index in [1.807, 2.05) is 9.97 Å². The molecule has 0 spiro atoms. The molecule has 0 amide bonds. The van der Waals surface area contributed by atoms with Gasteiger partial charge in [-0.2, -0.15) is 0 Å². The van der Waals surface area contributed by atoms with E-state index in [1.54, 1.807) is 13.8 Å². The first-order valence-corrected chi connectivity index (χ1v) is 4.18. The van der Waals surface area contributed by atoms with Crippen LogP contribution >= 0.6 is 0 Å². The maximum Gasteiger partial charge on any atom is 0.356 e. The molecule has 0 bridgehead atoms. The number of aromatic carboxylic acids is 1. The predicted octanol–water partition coefficient (Wildman–Crippen LogP) is -0.451. The van der Waals surface area contributed by atoms with Gasteiger partial charge >= 0.3 is 11.7 Å². The summed E-state index contributed by atoms with van der Waals surface area (Å²) in [5, 5.41) is 8.72. The van der Waals surface area contributed by atoms with Gasteiger partial charge in [-0.15, -0.1) is 0 Å². The summed E-state index contributed by atoms with van der Waals surface area (Å²) in [6.45, 7) is 3.27. The SMILES string of the molecule is CC(C)Oc1c(C(=O)O)[nH]c(=O)[nH]c1=O. The number of hydrogen-bond donors (Lipinski definition) is 3. The van der Waals surface area contributed by atoms with Crippen LogP contribution in [0.15, 0.2) is 9.59 Å². The predicted molar refractivity (Wildman–Crippen MR) is 50.4 cm³/mol. The molecule has 0 aromatic carbocycles. The van der Waals surface area contributed by atoms with Crippen molar-refractivity contribution < 1.29 is 14.6 Å². The minimum atomic E-state index is -1.42. The van der Waals surface area contributed by atoms with Crippen molar-refractivity contribution in [1.82, 2.24) is 9.97 Å². The lowest BCUT2D eigenvalue weighted by Crippen LogP contribution is -2.29. The van der Waals surface area contributed by atoms with Crippen molar-refractivity contribution in [2.45, 2.75) is 20.0 Å². The number of rotatable bonds is 3. The highest BCUT2D eigenvalue weighted by Crippen LogP contribution is 2.09. The Morgan fingerprint density at radius 3 is 2.40 bits per heavy atom. The van der Waals surface area contributed by atoms with Crippen LogP contribution in [0.3, 0.4) is 0 Å². The lowest BCUT2D eigenvalue weighted by molar-refractivity contribution is 0.0682. The van der Waals surface area contributed by atoms with Crippen LogP contribution in [0.1, 0.15) is 24.3 Å². The molecule has 0 aliphatic rings. The van der Waals surface area contributed by atoms with Gasteiger partial charge in [-0.1, -0.05) is 0 Å². The van der Waals surface area contributed by atoms with E-state index in [0.717, 1.165) is 0 Å². The van der Waals surface area contributed by atoms with E-state index in [2.05, 4.69) is 0 Å². The van der Waals surface area contributed by atoms with E-state index >= 15 is 0 Å². The summed E-state index contributed by atoms with van der Waals surface area (Å²) in [5.74, 6) is -1.81. The number of aromatic nitrogens is 2. The molecule has 1 rings (SSSR count). The summed E-state index contributed by atoms with van der Waals surface area (Å²) < 4.78 is 5.00. The number of aromatic amines is 2. The number of hydrogen-bond acceptors (Lipinski definition) is 4. The average molecular weight is 214 g/mol. The van der Waals surface area contributed by atoms with Gasteiger partial charge in [-0.05, 0) is 13.8 Å². The first-order chi connectivity index (χ1) is 6.91. The Hall–Kier alpha value is -2.05. The lowest BCUT2D eigenvalue weighted by Gasteiger charge is -2.09. The van der Waals surface area contributed by atoms with Gasteiger partial charge in [0.25, 0.3) is 5.56 Å². The van der Waals surface area contributed by atoms with E-state index in [4.69, 9.17) is 9.84 Å². The molecule has 1 aromatic heterocycles. The second kappa shape index (κ2) is 3.99. The number of ether oxygens (including phenoxy) is 1. The maximum absolute atomic E-state index is 11.2. The normalized spacial score (nSPS) is 10.3. The molecule has 82 valence electrons. The Morgan fingerprint density at radius 1 is 1.33 bits per heavy atom. The van der Waals surface area contributed by atoms with Crippen LogP contribution < -0.4 is 16.0 Å². The Kier molecular flexibility index (Phi) is 2.93. The zero-order valence-electron chi connectivity index (χ0n) is 8.16. The number of carbonyl (C=O) groups is 1. The zero-order valence-corrected chi connectivity index (χ0v) is 8.16. The van der Waals surface area contributed by atoms with Crippen LogP contribution in [0.25, 0.3) is 0 Å². The summed E-state index contributed by atoms with van der Waals surface area (Å²) in [6, 6.07) is 0. The molecule has 0 aliphatic carbocycles. The second-order valence-corrected chi connectivity index (χ2v) is 3.08. The van der Waals surface area contributed by atoms with Crippen molar-refractivity contribution in [3.05, 3.63) is 26.5 Å². The molecule has 0 unspecified atom stereocenters. The molecule has 7 heteroatoms. The maximum atomic E-state index is 11.2. The van der Waals surface area contributed by atoms with Gasteiger partial charge in [0, 0.05) is 0 Å². The largest absolute Gasteiger partial charge is 0.483 e. The molecule has 3 N–H and O–H groups in total. The Morgan fingerprint density at radius 2 is 1.93 bits per heavy atom. The number of nitrogens with one attached hydrogen (secondary N) is 2. The van der Waals surface area contributed by atoms with Crippen molar-refractivity contribution in [1.29, 1.82) is 0 Å². The quantitative estimate of drug-likeness (QED) is 0.630. The van der Waals surface area contributed by atoms with Crippen molar-refractivity contribution >= 4 is 5.97 Å².